The van der Waals surface area contributed by atoms with Gasteiger partial charge in [-0.15, -0.1) is 0 Å². The van der Waals surface area contributed by atoms with Gasteiger partial charge in [-0.1, -0.05) is 6.07 Å². The van der Waals surface area contributed by atoms with E-state index in [1.54, 1.807) is 18.2 Å². The maximum Gasteiger partial charge on any atom is 0.227 e. The number of anilines is 3. The van der Waals surface area contributed by atoms with Crippen LogP contribution in [-0.4, -0.2) is 53.2 Å². The zero-order valence-corrected chi connectivity index (χ0v) is 22.5. The average molecular weight is 526 g/mol. The van der Waals surface area contributed by atoms with Gasteiger partial charge in [-0.05, 0) is 89.9 Å². The minimum absolute atomic E-state index is 0.000878. The van der Waals surface area contributed by atoms with Gasteiger partial charge in [0, 0.05) is 22.8 Å². The number of aromatic nitrogens is 2. The third-order valence-electron chi connectivity index (χ3n) is 7.84. The number of piperidine rings is 1. The van der Waals surface area contributed by atoms with Crippen molar-refractivity contribution in [3.05, 3.63) is 59.5 Å². The Kier molecular flexibility index (Phi) is 6.98. The van der Waals surface area contributed by atoms with Crippen LogP contribution in [0.3, 0.4) is 0 Å². The summed E-state index contributed by atoms with van der Waals surface area (Å²) in [6, 6.07) is 8.02. The van der Waals surface area contributed by atoms with E-state index in [-0.39, 0.29) is 46.3 Å². The molecule has 0 bridgehead atoms. The molecule has 0 radical (unpaired) electrons. The lowest BCUT2D eigenvalue weighted by molar-refractivity contribution is 0.0933. The van der Waals surface area contributed by atoms with Crippen LogP contribution in [0.5, 0.6) is 5.75 Å². The molecule has 1 N–H and O–H groups in total. The van der Waals surface area contributed by atoms with Crippen LogP contribution in [0.25, 0.3) is 11.3 Å². The smallest absolute Gasteiger partial charge is 0.227 e. The fourth-order valence-corrected chi connectivity index (χ4v) is 5.45. The van der Waals surface area contributed by atoms with Crippen LogP contribution in [0.2, 0.25) is 0 Å². The molecule has 0 amide bonds. The molecule has 5 rings (SSSR count). The highest BCUT2D eigenvalue weighted by Gasteiger charge is 2.34. The first-order valence-electron chi connectivity index (χ1n) is 13.1. The van der Waals surface area contributed by atoms with Crippen molar-refractivity contribution in [3.63, 3.8) is 0 Å². The summed E-state index contributed by atoms with van der Waals surface area (Å²) in [5, 5.41) is 2.97. The SMILES string of the molecule is CC(C)N1CCOc2c(F)cc(-c3nc(Nc4ccc(C5CCN(C)C(C)(C)C5)c(F)c4)ncc3F)cc21. The van der Waals surface area contributed by atoms with E-state index in [2.05, 4.69) is 41.1 Å². The number of hydrogen-bond acceptors (Lipinski definition) is 6. The van der Waals surface area contributed by atoms with Gasteiger partial charge in [0.1, 0.15) is 18.1 Å². The average Bonchev–Trinajstić information content (AvgIpc) is 2.86. The second kappa shape index (κ2) is 10.1. The van der Waals surface area contributed by atoms with Gasteiger partial charge in [0.2, 0.25) is 5.95 Å². The summed E-state index contributed by atoms with van der Waals surface area (Å²) in [6.07, 6.45) is 2.79. The number of halogens is 3. The van der Waals surface area contributed by atoms with Crippen LogP contribution in [0.15, 0.2) is 36.5 Å². The number of nitrogens with one attached hydrogen (secondary N) is 1. The predicted molar refractivity (Wildman–Crippen MR) is 144 cm³/mol. The Labute approximate surface area is 221 Å². The molecular weight excluding hydrogens is 491 g/mol. The van der Waals surface area contributed by atoms with Crippen molar-refractivity contribution in [2.24, 2.45) is 0 Å². The first-order chi connectivity index (χ1) is 18.0. The summed E-state index contributed by atoms with van der Waals surface area (Å²) in [5.41, 5.74) is 1.92. The quantitative estimate of drug-likeness (QED) is 0.411. The largest absolute Gasteiger partial charge is 0.486 e. The highest BCUT2D eigenvalue weighted by molar-refractivity contribution is 5.73. The van der Waals surface area contributed by atoms with Crippen molar-refractivity contribution in [1.82, 2.24) is 14.9 Å². The summed E-state index contributed by atoms with van der Waals surface area (Å²) in [5.74, 6) is -1.18. The lowest BCUT2D eigenvalue weighted by Gasteiger charge is -2.43. The van der Waals surface area contributed by atoms with E-state index in [9.17, 15) is 8.78 Å². The van der Waals surface area contributed by atoms with Crippen LogP contribution < -0.4 is 15.0 Å². The van der Waals surface area contributed by atoms with Crippen molar-refractivity contribution < 1.29 is 17.9 Å². The molecule has 2 aliphatic heterocycles. The molecule has 202 valence electrons. The molecule has 6 nitrogen and oxygen atoms in total. The maximum atomic E-state index is 15.2. The van der Waals surface area contributed by atoms with Crippen LogP contribution in [0, 0.1) is 17.5 Å². The van der Waals surface area contributed by atoms with Crippen molar-refractivity contribution in [3.8, 4) is 17.0 Å². The van der Waals surface area contributed by atoms with Gasteiger partial charge >= 0.3 is 0 Å². The topological polar surface area (TPSA) is 53.5 Å². The molecule has 2 aliphatic rings. The van der Waals surface area contributed by atoms with E-state index >= 15 is 4.39 Å². The monoisotopic (exact) mass is 525 g/mol. The Bertz CT molecular complexity index is 1350. The third-order valence-corrected chi connectivity index (χ3v) is 7.84. The zero-order valence-electron chi connectivity index (χ0n) is 22.5. The van der Waals surface area contributed by atoms with Crippen LogP contribution >= 0.6 is 0 Å². The molecule has 1 saturated heterocycles. The molecule has 2 aromatic carbocycles. The molecule has 0 aliphatic carbocycles. The van der Waals surface area contributed by atoms with Crippen molar-refractivity contribution in [2.45, 2.75) is 58.0 Å². The summed E-state index contributed by atoms with van der Waals surface area (Å²) in [7, 11) is 2.10. The van der Waals surface area contributed by atoms with Crippen molar-refractivity contribution >= 4 is 17.3 Å². The van der Waals surface area contributed by atoms with E-state index in [4.69, 9.17) is 4.74 Å². The molecule has 0 saturated carbocycles. The summed E-state index contributed by atoms with van der Waals surface area (Å²) < 4.78 is 50.5. The molecular formula is C29H34F3N5O. The fraction of sp³-hybridized carbons (Fsp3) is 0.448. The molecule has 38 heavy (non-hydrogen) atoms. The predicted octanol–water partition coefficient (Wildman–Crippen LogP) is 6.50. The first-order valence-corrected chi connectivity index (χ1v) is 13.1. The molecule has 1 aromatic heterocycles. The van der Waals surface area contributed by atoms with E-state index in [1.165, 1.54) is 12.1 Å². The normalized spacial score (nSPS) is 19.3. The standard InChI is InChI=1S/C29H34F3N5O/c1-17(2)37-10-11-38-27-23(31)12-19(13-25(27)37)26-24(32)16-33-28(35-26)34-20-6-7-21(22(30)14-20)18-8-9-36(5)29(3,4)15-18/h6-7,12-14,16-18H,8-11,15H2,1-5H3,(H,33,34,35). The number of hydrogen-bond donors (Lipinski definition) is 1. The summed E-state index contributed by atoms with van der Waals surface area (Å²) in [6.45, 7) is 10.3. The fourth-order valence-electron chi connectivity index (χ4n) is 5.45. The number of likely N-dealkylation sites (tertiary alicyclic amines) is 1. The Morgan fingerprint density at radius 1 is 1.05 bits per heavy atom. The second-order valence-corrected chi connectivity index (χ2v) is 11.1. The van der Waals surface area contributed by atoms with Crippen LogP contribution in [-0.2, 0) is 0 Å². The van der Waals surface area contributed by atoms with E-state index < -0.39 is 11.6 Å². The first kappa shape index (κ1) is 26.3. The third kappa shape index (κ3) is 5.04. The zero-order chi connectivity index (χ0) is 27.2. The van der Waals surface area contributed by atoms with E-state index in [0.717, 1.165) is 25.6 Å². The molecule has 1 atom stereocenters. The van der Waals surface area contributed by atoms with Gasteiger partial charge < -0.3 is 19.9 Å². The van der Waals surface area contributed by atoms with Crippen molar-refractivity contribution in [1.29, 1.82) is 0 Å². The van der Waals surface area contributed by atoms with Gasteiger partial charge in [-0.2, -0.15) is 0 Å². The van der Waals surface area contributed by atoms with Gasteiger partial charge in [0.15, 0.2) is 17.4 Å². The Morgan fingerprint density at radius 2 is 1.84 bits per heavy atom. The van der Waals surface area contributed by atoms with E-state index in [0.29, 0.717) is 30.1 Å². The van der Waals surface area contributed by atoms with Gasteiger partial charge in [0.25, 0.3) is 0 Å². The molecule has 0 spiro atoms. The molecule has 1 unspecified atom stereocenters. The number of ether oxygens (including phenoxy) is 1. The van der Waals surface area contributed by atoms with Gasteiger partial charge in [0.05, 0.1) is 18.4 Å². The second-order valence-electron chi connectivity index (χ2n) is 11.1. The molecule has 1 fully saturated rings. The lowest BCUT2D eigenvalue weighted by atomic mass is 9.79. The Balaban J connectivity index is 1.41. The van der Waals surface area contributed by atoms with Gasteiger partial charge in [-0.25, -0.2) is 23.1 Å². The maximum absolute atomic E-state index is 15.2. The molecule has 9 heteroatoms. The highest BCUT2D eigenvalue weighted by Crippen LogP contribution is 2.40. The molecule has 3 heterocycles. The van der Waals surface area contributed by atoms with Gasteiger partial charge in [-0.3, -0.25) is 0 Å². The Hall–Kier alpha value is -3.33. The number of benzene rings is 2. The number of rotatable bonds is 5. The molecule has 3 aromatic rings. The van der Waals surface area contributed by atoms with Crippen LogP contribution in [0.1, 0.15) is 52.0 Å². The van der Waals surface area contributed by atoms with E-state index in [1.807, 2.05) is 18.7 Å². The minimum atomic E-state index is -0.686. The number of fused-ring (bicyclic) bond motifs is 1. The minimum Gasteiger partial charge on any atom is -0.486 e. The van der Waals surface area contributed by atoms with Crippen LogP contribution in [0.4, 0.5) is 30.5 Å². The number of nitrogens with zero attached hydrogens (tertiary/aromatic N) is 4. The lowest BCUT2D eigenvalue weighted by Crippen LogP contribution is -2.47. The highest BCUT2D eigenvalue weighted by atomic mass is 19.1. The van der Waals surface area contributed by atoms with Crippen molar-refractivity contribution in [2.75, 3.05) is 37.0 Å². The summed E-state index contributed by atoms with van der Waals surface area (Å²) in [4.78, 5) is 12.7. The Morgan fingerprint density at radius 3 is 2.55 bits per heavy atom. The summed E-state index contributed by atoms with van der Waals surface area (Å²) >= 11 is 0.